The molecule has 0 bridgehead atoms. The van der Waals surface area contributed by atoms with E-state index in [1.54, 1.807) is 6.07 Å². The van der Waals surface area contributed by atoms with Crippen LogP contribution in [0.1, 0.15) is 26.2 Å². The number of carbonyl (C=O) groups excluding carboxylic acids is 1. The van der Waals surface area contributed by atoms with Gasteiger partial charge in [0.1, 0.15) is 0 Å². The summed E-state index contributed by atoms with van der Waals surface area (Å²) in [5.74, 6) is 0.399. The van der Waals surface area contributed by atoms with Crippen LogP contribution in [-0.2, 0) is 14.8 Å². The molecular formula is C13H17BrN2O3S. The quantitative estimate of drug-likeness (QED) is 0.867. The molecule has 3 N–H and O–H groups in total. The lowest BCUT2D eigenvalue weighted by molar-refractivity contribution is -0.120. The van der Waals surface area contributed by atoms with Crippen LogP contribution in [0.25, 0.3) is 0 Å². The number of nitrogens with one attached hydrogen (secondary N) is 1. The van der Waals surface area contributed by atoms with Crippen molar-refractivity contribution in [2.24, 2.45) is 17.0 Å². The third-order valence-electron chi connectivity index (χ3n) is 3.73. The lowest BCUT2D eigenvalue weighted by Crippen LogP contribution is -2.24. The number of nitrogens with two attached hydrogens (primary N) is 1. The first-order valence-electron chi connectivity index (χ1n) is 6.42. The molecule has 0 heterocycles. The van der Waals surface area contributed by atoms with Crippen LogP contribution in [-0.4, -0.2) is 14.3 Å². The van der Waals surface area contributed by atoms with Crippen LogP contribution in [0.4, 0.5) is 5.69 Å². The first kappa shape index (κ1) is 15.5. The summed E-state index contributed by atoms with van der Waals surface area (Å²) >= 11 is 3.26. The van der Waals surface area contributed by atoms with Crippen LogP contribution in [0.5, 0.6) is 0 Å². The number of sulfonamides is 1. The monoisotopic (exact) mass is 360 g/mol. The highest BCUT2D eigenvalue weighted by Crippen LogP contribution is 2.33. The molecule has 2 atom stereocenters. The first-order valence-corrected chi connectivity index (χ1v) is 8.76. The average Bonchev–Trinajstić information content (AvgIpc) is 2.76. The van der Waals surface area contributed by atoms with Crippen molar-refractivity contribution in [2.45, 2.75) is 31.1 Å². The molecule has 1 saturated carbocycles. The predicted molar refractivity (Wildman–Crippen MR) is 80.6 cm³/mol. The van der Waals surface area contributed by atoms with E-state index in [-0.39, 0.29) is 16.7 Å². The van der Waals surface area contributed by atoms with Gasteiger partial charge in [-0.25, -0.2) is 13.6 Å². The lowest BCUT2D eigenvalue weighted by atomic mass is 9.97. The van der Waals surface area contributed by atoms with E-state index < -0.39 is 10.0 Å². The zero-order valence-electron chi connectivity index (χ0n) is 11.1. The van der Waals surface area contributed by atoms with Crippen molar-refractivity contribution < 1.29 is 13.2 Å². The smallest absolute Gasteiger partial charge is 0.238 e. The van der Waals surface area contributed by atoms with Gasteiger partial charge in [0.05, 0.1) is 10.6 Å². The second kappa shape index (κ2) is 5.83. The molecule has 2 unspecified atom stereocenters. The van der Waals surface area contributed by atoms with Crippen LogP contribution in [0.3, 0.4) is 0 Å². The number of carbonyl (C=O) groups is 1. The summed E-state index contributed by atoms with van der Waals surface area (Å²) in [7, 11) is -3.74. The predicted octanol–water partition coefficient (Wildman–Crippen LogP) is 2.47. The Morgan fingerprint density at radius 2 is 2.10 bits per heavy atom. The minimum absolute atomic E-state index is 0.0107. The number of rotatable bonds is 3. The molecule has 110 valence electrons. The van der Waals surface area contributed by atoms with Crippen LogP contribution < -0.4 is 10.5 Å². The number of hydrogen-bond donors (Lipinski definition) is 2. The summed E-state index contributed by atoms with van der Waals surface area (Å²) in [6, 6.07) is 4.32. The fraction of sp³-hybridized carbons (Fsp3) is 0.462. The fourth-order valence-electron chi connectivity index (χ4n) is 2.53. The normalized spacial score (nSPS) is 22.8. The van der Waals surface area contributed by atoms with Crippen LogP contribution in [0.15, 0.2) is 27.6 Å². The van der Waals surface area contributed by atoms with E-state index in [4.69, 9.17) is 5.14 Å². The van der Waals surface area contributed by atoms with Crippen molar-refractivity contribution in [1.82, 2.24) is 0 Å². The fourth-order valence-corrected chi connectivity index (χ4v) is 3.70. The van der Waals surface area contributed by atoms with Crippen molar-refractivity contribution in [3.05, 3.63) is 22.7 Å². The number of benzene rings is 1. The maximum Gasteiger partial charge on any atom is 0.238 e. The molecule has 2 rings (SSSR count). The summed E-state index contributed by atoms with van der Waals surface area (Å²) in [5, 5.41) is 7.90. The van der Waals surface area contributed by atoms with Crippen molar-refractivity contribution in [1.29, 1.82) is 0 Å². The highest BCUT2D eigenvalue weighted by atomic mass is 79.9. The minimum Gasteiger partial charge on any atom is -0.325 e. The van der Waals surface area contributed by atoms with Gasteiger partial charge in [-0.15, -0.1) is 0 Å². The molecular weight excluding hydrogens is 344 g/mol. The zero-order valence-corrected chi connectivity index (χ0v) is 13.5. The molecule has 1 aliphatic carbocycles. The lowest BCUT2D eigenvalue weighted by Gasteiger charge is -2.16. The Balaban J connectivity index is 2.16. The number of hydrogen-bond acceptors (Lipinski definition) is 3. The van der Waals surface area contributed by atoms with Gasteiger partial charge in [-0.3, -0.25) is 4.79 Å². The van der Waals surface area contributed by atoms with Crippen molar-refractivity contribution in [3.63, 3.8) is 0 Å². The van der Waals surface area contributed by atoms with Crippen LogP contribution in [0.2, 0.25) is 0 Å². The topological polar surface area (TPSA) is 89.3 Å². The van der Waals surface area contributed by atoms with Crippen molar-refractivity contribution in [3.8, 4) is 0 Å². The van der Waals surface area contributed by atoms with Gasteiger partial charge in [-0.1, -0.05) is 13.3 Å². The van der Waals surface area contributed by atoms with Gasteiger partial charge < -0.3 is 5.32 Å². The van der Waals surface area contributed by atoms with E-state index in [9.17, 15) is 13.2 Å². The van der Waals surface area contributed by atoms with Gasteiger partial charge in [-0.2, -0.15) is 0 Å². The van der Waals surface area contributed by atoms with Gasteiger partial charge in [0, 0.05) is 10.4 Å². The summed E-state index contributed by atoms with van der Waals surface area (Å²) in [5.41, 5.74) is 0.557. The Morgan fingerprint density at radius 3 is 2.60 bits per heavy atom. The van der Waals surface area contributed by atoms with Gasteiger partial charge in [0.15, 0.2) is 0 Å². The molecule has 0 aromatic heterocycles. The van der Waals surface area contributed by atoms with Crippen LogP contribution in [0, 0.1) is 11.8 Å². The molecule has 0 radical (unpaired) electrons. The molecule has 0 saturated heterocycles. The molecule has 1 aromatic rings. The summed E-state index contributed by atoms with van der Waals surface area (Å²) in [6.45, 7) is 2.08. The highest BCUT2D eigenvalue weighted by molar-refractivity contribution is 9.10. The number of amides is 1. The second-order valence-electron chi connectivity index (χ2n) is 5.19. The molecule has 20 heavy (non-hydrogen) atoms. The van der Waals surface area contributed by atoms with E-state index in [0.29, 0.717) is 16.1 Å². The Bertz CT molecular complexity index is 631. The Hall–Kier alpha value is -0.920. The second-order valence-corrected chi connectivity index (χ2v) is 7.61. The van der Waals surface area contributed by atoms with Crippen molar-refractivity contribution >= 4 is 37.5 Å². The van der Waals surface area contributed by atoms with Gasteiger partial charge >= 0.3 is 0 Å². The highest BCUT2D eigenvalue weighted by Gasteiger charge is 2.29. The van der Waals surface area contributed by atoms with E-state index in [2.05, 4.69) is 28.2 Å². The zero-order chi connectivity index (χ0) is 14.9. The number of halogens is 1. The summed E-state index contributed by atoms with van der Waals surface area (Å²) < 4.78 is 23.0. The van der Waals surface area contributed by atoms with E-state index in [1.807, 2.05) is 0 Å². The van der Waals surface area contributed by atoms with Gasteiger partial charge in [-0.05, 0) is 52.9 Å². The summed E-state index contributed by atoms with van der Waals surface area (Å²) in [6.07, 6.45) is 3.05. The molecule has 1 aromatic carbocycles. The van der Waals surface area contributed by atoms with E-state index in [1.165, 1.54) is 12.1 Å². The van der Waals surface area contributed by atoms with Crippen LogP contribution >= 0.6 is 15.9 Å². The maximum atomic E-state index is 12.2. The molecule has 5 nitrogen and oxygen atoms in total. The maximum absolute atomic E-state index is 12.2. The minimum atomic E-state index is -3.74. The standard InChI is InChI=1S/C13H17BrN2O3S/c1-8-3-2-4-10(8)13(17)16-12-6-5-9(7-11(12)14)20(15,18)19/h5-8,10H,2-4H2,1H3,(H,16,17)(H2,15,18,19). The Morgan fingerprint density at radius 1 is 1.40 bits per heavy atom. The number of anilines is 1. The largest absolute Gasteiger partial charge is 0.325 e. The van der Waals surface area contributed by atoms with E-state index in [0.717, 1.165) is 19.3 Å². The molecule has 0 spiro atoms. The Kier molecular flexibility index (Phi) is 4.51. The SMILES string of the molecule is CC1CCCC1C(=O)Nc1ccc(S(N)(=O)=O)cc1Br. The molecule has 7 heteroatoms. The Labute approximate surface area is 127 Å². The van der Waals surface area contributed by atoms with E-state index >= 15 is 0 Å². The van der Waals surface area contributed by atoms with Gasteiger partial charge in [0.2, 0.25) is 15.9 Å². The third-order valence-corrected chi connectivity index (χ3v) is 5.29. The van der Waals surface area contributed by atoms with Gasteiger partial charge in [0.25, 0.3) is 0 Å². The first-order chi connectivity index (χ1) is 9.29. The van der Waals surface area contributed by atoms with Crippen molar-refractivity contribution in [2.75, 3.05) is 5.32 Å². The molecule has 1 fully saturated rings. The molecule has 1 amide bonds. The molecule has 0 aliphatic heterocycles. The number of primary sulfonamides is 1. The summed E-state index contributed by atoms with van der Waals surface area (Å²) in [4.78, 5) is 12.2. The average molecular weight is 361 g/mol. The third kappa shape index (κ3) is 3.39. The molecule has 1 aliphatic rings.